The summed E-state index contributed by atoms with van der Waals surface area (Å²) in [6, 6.07) is 24.0. The van der Waals surface area contributed by atoms with Crippen LogP contribution in [0.5, 0.6) is 5.75 Å². The van der Waals surface area contributed by atoms with Crippen LogP contribution < -0.4 is 4.74 Å². The zero-order chi connectivity index (χ0) is 24.3. The molecular weight excluding hydrogens is 458 g/mol. The van der Waals surface area contributed by atoms with Gasteiger partial charge in [0, 0.05) is 31.0 Å². The number of nitrogens with zero attached hydrogens (tertiary/aromatic N) is 1. The van der Waals surface area contributed by atoms with E-state index in [0.29, 0.717) is 12.2 Å². The molecule has 0 aromatic heterocycles. The van der Waals surface area contributed by atoms with Crippen LogP contribution in [0.4, 0.5) is 0 Å². The summed E-state index contributed by atoms with van der Waals surface area (Å²) in [6.45, 7) is 3.21. The molecule has 182 valence electrons. The molecule has 0 amide bonds. The Balaban J connectivity index is 1.29. The van der Waals surface area contributed by atoms with E-state index < -0.39 is 5.60 Å². The number of hydrogen-bond donors (Lipinski definition) is 1. The van der Waals surface area contributed by atoms with Gasteiger partial charge < -0.3 is 19.5 Å². The van der Waals surface area contributed by atoms with E-state index in [1.54, 1.807) is 6.07 Å². The Hall–Kier alpha value is -2.80. The van der Waals surface area contributed by atoms with Crippen molar-refractivity contribution in [1.82, 2.24) is 4.90 Å². The number of thioether (sulfide) groups is 1. The van der Waals surface area contributed by atoms with Gasteiger partial charge in [0.05, 0.1) is 23.5 Å². The van der Waals surface area contributed by atoms with Crippen LogP contribution in [0.2, 0.25) is 0 Å². The van der Waals surface area contributed by atoms with E-state index in [1.165, 1.54) is 18.2 Å². The third-order valence-corrected chi connectivity index (χ3v) is 8.38. The van der Waals surface area contributed by atoms with Gasteiger partial charge in [-0.2, -0.15) is 0 Å². The fraction of sp³-hybridized carbons (Fsp3) is 0.345. The first-order valence-corrected chi connectivity index (χ1v) is 13.2. The fourth-order valence-electron chi connectivity index (χ4n) is 5.04. The van der Waals surface area contributed by atoms with E-state index in [4.69, 9.17) is 9.47 Å². The van der Waals surface area contributed by atoms with E-state index in [0.717, 1.165) is 55.1 Å². The zero-order valence-corrected chi connectivity index (χ0v) is 20.8. The normalized spacial score (nSPS) is 19.1. The monoisotopic (exact) mass is 489 g/mol. The first-order valence-electron chi connectivity index (χ1n) is 12.1. The van der Waals surface area contributed by atoms with Crippen molar-refractivity contribution in [2.24, 2.45) is 0 Å². The number of carbonyl (C=O) groups is 1. The summed E-state index contributed by atoms with van der Waals surface area (Å²) in [4.78, 5) is 14.7. The molecule has 35 heavy (non-hydrogen) atoms. The van der Waals surface area contributed by atoms with Crippen LogP contribution in [0.25, 0.3) is 0 Å². The highest BCUT2D eigenvalue weighted by atomic mass is 32.2. The number of fused-ring (bicyclic) bond motifs is 2. The Morgan fingerprint density at radius 3 is 2.57 bits per heavy atom. The van der Waals surface area contributed by atoms with E-state index in [9.17, 15) is 9.90 Å². The van der Waals surface area contributed by atoms with Gasteiger partial charge in [0.15, 0.2) is 0 Å². The fourth-order valence-corrected chi connectivity index (χ4v) is 6.41. The molecule has 5 rings (SSSR count). The lowest BCUT2D eigenvalue weighted by Crippen LogP contribution is -2.43. The van der Waals surface area contributed by atoms with Gasteiger partial charge in [0.2, 0.25) is 0 Å². The molecule has 1 unspecified atom stereocenters. The molecule has 2 aliphatic rings. The number of aliphatic hydroxyl groups is 1. The lowest BCUT2D eigenvalue weighted by Gasteiger charge is -2.38. The second-order valence-electron chi connectivity index (χ2n) is 9.22. The maximum Gasteiger partial charge on any atom is 0.337 e. The summed E-state index contributed by atoms with van der Waals surface area (Å²) in [6.07, 6.45) is 1.49. The molecule has 3 aromatic carbocycles. The summed E-state index contributed by atoms with van der Waals surface area (Å²) in [5, 5.41) is 11.2. The van der Waals surface area contributed by atoms with Crippen LogP contribution in [0, 0.1) is 0 Å². The molecule has 1 N–H and O–H groups in total. The van der Waals surface area contributed by atoms with E-state index in [2.05, 4.69) is 23.1 Å². The molecule has 1 atom stereocenters. The summed E-state index contributed by atoms with van der Waals surface area (Å²) < 4.78 is 11.1. The van der Waals surface area contributed by atoms with Gasteiger partial charge in [-0.1, -0.05) is 54.6 Å². The van der Waals surface area contributed by atoms with Crippen molar-refractivity contribution in [2.45, 2.75) is 30.3 Å². The number of piperidine rings is 1. The van der Waals surface area contributed by atoms with Crippen LogP contribution in [0.15, 0.2) is 72.8 Å². The third-order valence-electron chi connectivity index (χ3n) is 7.12. The topological polar surface area (TPSA) is 59.0 Å². The Morgan fingerprint density at radius 2 is 1.80 bits per heavy atom. The molecule has 0 radical (unpaired) electrons. The molecule has 5 nitrogen and oxygen atoms in total. The number of esters is 1. The maximum atomic E-state index is 12.2. The van der Waals surface area contributed by atoms with Crippen molar-refractivity contribution >= 4 is 17.7 Å². The van der Waals surface area contributed by atoms with E-state index in [1.807, 2.05) is 60.3 Å². The van der Waals surface area contributed by atoms with Crippen molar-refractivity contribution in [2.75, 3.05) is 32.5 Å². The van der Waals surface area contributed by atoms with Crippen molar-refractivity contribution in [3.8, 4) is 5.75 Å². The standard InChI is InChI=1S/C29H31NO4S/c1-33-28(31)21-11-12-26-25(19-21)27(24-10-6-5-7-22(24)20-34-26)35-18-17-30-15-13-29(32,14-16-30)23-8-3-2-4-9-23/h2-12,19,27,32H,13-18,20H2,1H3. The molecular formula is C29H31NO4S. The van der Waals surface area contributed by atoms with Gasteiger partial charge in [-0.3, -0.25) is 0 Å². The van der Waals surface area contributed by atoms with Gasteiger partial charge in [-0.25, -0.2) is 4.79 Å². The summed E-state index contributed by atoms with van der Waals surface area (Å²) in [5.41, 5.74) is 4.24. The van der Waals surface area contributed by atoms with E-state index in [-0.39, 0.29) is 11.2 Å². The molecule has 0 spiro atoms. The van der Waals surface area contributed by atoms with Gasteiger partial charge in [0.1, 0.15) is 12.4 Å². The minimum atomic E-state index is -0.730. The maximum absolute atomic E-state index is 12.2. The highest BCUT2D eigenvalue weighted by Gasteiger charge is 2.34. The van der Waals surface area contributed by atoms with Gasteiger partial charge in [0.25, 0.3) is 0 Å². The van der Waals surface area contributed by atoms with Crippen molar-refractivity contribution in [1.29, 1.82) is 0 Å². The lowest BCUT2D eigenvalue weighted by atomic mass is 9.84. The predicted octanol–water partition coefficient (Wildman–Crippen LogP) is 5.17. The Labute approximate surface area is 211 Å². The first-order chi connectivity index (χ1) is 17.1. The molecule has 0 bridgehead atoms. The van der Waals surface area contributed by atoms with Crippen molar-refractivity contribution in [3.05, 3.63) is 101 Å². The van der Waals surface area contributed by atoms with E-state index >= 15 is 0 Å². The average Bonchev–Trinajstić information content (AvgIpc) is 3.06. The number of likely N-dealkylation sites (tertiary alicyclic amines) is 1. The van der Waals surface area contributed by atoms with Crippen LogP contribution >= 0.6 is 11.8 Å². The van der Waals surface area contributed by atoms with Crippen LogP contribution in [-0.4, -0.2) is 48.5 Å². The SMILES string of the molecule is COC(=O)c1ccc2c(c1)C(SCCN1CCC(O)(c3ccccc3)CC1)c1ccccc1CO2. The smallest absolute Gasteiger partial charge is 0.337 e. The number of methoxy groups -OCH3 is 1. The molecule has 6 heteroatoms. The molecule has 0 saturated carbocycles. The largest absolute Gasteiger partial charge is 0.489 e. The highest BCUT2D eigenvalue weighted by Crippen LogP contribution is 2.44. The molecule has 2 aliphatic heterocycles. The minimum Gasteiger partial charge on any atom is -0.489 e. The third kappa shape index (κ3) is 5.10. The number of hydrogen-bond acceptors (Lipinski definition) is 6. The van der Waals surface area contributed by atoms with Gasteiger partial charge in [-0.05, 0) is 47.7 Å². The Kier molecular flexibility index (Phi) is 7.14. The molecule has 0 aliphatic carbocycles. The molecule has 3 aromatic rings. The number of benzene rings is 3. The quantitative estimate of drug-likeness (QED) is 0.482. The second-order valence-corrected chi connectivity index (χ2v) is 10.4. The molecule has 1 saturated heterocycles. The first kappa shape index (κ1) is 23.9. The van der Waals surface area contributed by atoms with Crippen molar-refractivity contribution in [3.63, 3.8) is 0 Å². The Morgan fingerprint density at radius 1 is 1.06 bits per heavy atom. The van der Waals surface area contributed by atoms with Gasteiger partial charge in [-0.15, -0.1) is 11.8 Å². The summed E-state index contributed by atoms with van der Waals surface area (Å²) in [5.74, 6) is 1.41. The van der Waals surface area contributed by atoms with Crippen LogP contribution in [-0.2, 0) is 16.9 Å². The number of ether oxygens (including phenoxy) is 2. The average molecular weight is 490 g/mol. The summed E-state index contributed by atoms with van der Waals surface area (Å²) >= 11 is 1.88. The second kappa shape index (κ2) is 10.4. The predicted molar refractivity (Wildman–Crippen MR) is 139 cm³/mol. The highest BCUT2D eigenvalue weighted by molar-refractivity contribution is 7.99. The molecule has 1 fully saturated rings. The Bertz CT molecular complexity index is 1170. The van der Waals surface area contributed by atoms with Crippen LogP contribution in [0.3, 0.4) is 0 Å². The lowest BCUT2D eigenvalue weighted by molar-refractivity contribution is -0.0244. The summed E-state index contributed by atoms with van der Waals surface area (Å²) in [7, 11) is 1.41. The van der Waals surface area contributed by atoms with Crippen molar-refractivity contribution < 1.29 is 19.4 Å². The zero-order valence-electron chi connectivity index (χ0n) is 20.0. The minimum absolute atomic E-state index is 0.0688. The van der Waals surface area contributed by atoms with Crippen LogP contribution in [0.1, 0.15) is 50.7 Å². The van der Waals surface area contributed by atoms with Gasteiger partial charge >= 0.3 is 5.97 Å². The number of carbonyl (C=O) groups excluding carboxylic acids is 1. The number of rotatable bonds is 6. The molecule has 2 heterocycles.